The van der Waals surface area contributed by atoms with Crippen LogP contribution >= 0.6 is 0 Å². The molecule has 0 radical (unpaired) electrons. The van der Waals surface area contributed by atoms with Crippen molar-refractivity contribution in [3.8, 4) is 0 Å². The van der Waals surface area contributed by atoms with E-state index in [1.165, 1.54) is 0 Å². The molecular formula is C6H17LiO3. The van der Waals surface area contributed by atoms with Crippen molar-refractivity contribution in [3.63, 3.8) is 0 Å². The maximum absolute atomic E-state index is 8.93. The van der Waals surface area contributed by atoms with Gasteiger partial charge in [0.15, 0.2) is 0 Å². The SMILES string of the molecule is CCO.CCO.CC[O-].[Li+]. The summed E-state index contributed by atoms with van der Waals surface area (Å²) in [6.07, 6.45) is 0. The molecule has 0 amide bonds. The Morgan fingerprint density at radius 2 is 1.00 bits per heavy atom. The van der Waals surface area contributed by atoms with Crippen LogP contribution in [0.4, 0.5) is 0 Å². The van der Waals surface area contributed by atoms with Crippen LogP contribution in [-0.2, 0) is 0 Å². The fourth-order valence-corrected chi connectivity index (χ4v) is 0. The average Bonchev–Trinajstić information content (AvgIpc) is 1.70. The minimum atomic E-state index is 0. The van der Waals surface area contributed by atoms with Crippen LogP contribution in [-0.4, -0.2) is 30.0 Å². The molecule has 3 nitrogen and oxygen atoms in total. The Balaban J connectivity index is -0.0000000257. The molecule has 0 saturated heterocycles. The molecule has 10 heavy (non-hydrogen) atoms. The van der Waals surface area contributed by atoms with Crippen molar-refractivity contribution in [2.24, 2.45) is 0 Å². The third-order valence-corrected chi connectivity index (χ3v) is 0. The molecule has 0 bridgehead atoms. The zero-order valence-corrected chi connectivity index (χ0v) is 7.42. The van der Waals surface area contributed by atoms with Crippen LogP contribution in [0.25, 0.3) is 0 Å². The summed E-state index contributed by atoms with van der Waals surface area (Å²) in [6.45, 7) is 5.43. The van der Waals surface area contributed by atoms with E-state index < -0.39 is 0 Å². The van der Waals surface area contributed by atoms with Crippen molar-refractivity contribution in [1.29, 1.82) is 0 Å². The van der Waals surface area contributed by atoms with Gasteiger partial charge in [0.05, 0.1) is 0 Å². The Bertz CT molecular complexity index is 17.7. The number of hydrogen-bond acceptors (Lipinski definition) is 3. The molecule has 0 unspecified atom stereocenters. The minimum Gasteiger partial charge on any atom is -0.855 e. The molecule has 0 aromatic heterocycles. The second kappa shape index (κ2) is 56.3. The monoisotopic (exact) mass is 144 g/mol. The second-order valence-corrected chi connectivity index (χ2v) is 0.921. The van der Waals surface area contributed by atoms with E-state index in [0.717, 1.165) is 0 Å². The number of rotatable bonds is 0. The molecular weight excluding hydrogens is 127 g/mol. The molecule has 60 valence electrons. The first-order chi connectivity index (χ1) is 4.24. The van der Waals surface area contributed by atoms with Gasteiger partial charge >= 0.3 is 18.9 Å². The molecule has 0 aliphatic heterocycles. The van der Waals surface area contributed by atoms with Gasteiger partial charge in [-0.3, -0.25) is 0 Å². The quantitative estimate of drug-likeness (QED) is 0.345. The van der Waals surface area contributed by atoms with Crippen molar-refractivity contribution >= 4 is 0 Å². The molecule has 0 aliphatic carbocycles. The number of aliphatic hydroxyl groups excluding tert-OH is 2. The molecule has 0 saturated carbocycles. The van der Waals surface area contributed by atoms with Crippen LogP contribution in [0.3, 0.4) is 0 Å². The summed E-state index contributed by atoms with van der Waals surface area (Å²) in [6, 6.07) is 0. The molecule has 0 spiro atoms. The van der Waals surface area contributed by atoms with Gasteiger partial charge in [-0.2, -0.15) is 0 Å². The van der Waals surface area contributed by atoms with Gasteiger partial charge in [-0.15, -0.1) is 6.61 Å². The van der Waals surface area contributed by atoms with Crippen molar-refractivity contribution in [3.05, 3.63) is 0 Å². The van der Waals surface area contributed by atoms with Crippen molar-refractivity contribution in [2.45, 2.75) is 20.8 Å². The van der Waals surface area contributed by atoms with Crippen molar-refractivity contribution in [1.82, 2.24) is 0 Å². The van der Waals surface area contributed by atoms with E-state index in [4.69, 9.17) is 15.3 Å². The van der Waals surface area contributed by atoms with E-state index in [2.05, 4.69) is 0 Å². The molecule has 0 heterocycles. The normalized spacial score (nSPS) is 5.40. The smallest absolute Gasteiger partial charge is 0.855 e. The van der Waals surface area contributed by atoms with Gasteiger partial charge in [0, 0.05) is 13.2 Å². The van der Waals surface area contributed by atoms with Crippen LogP contribution in [0.15, 0.2) is 0 Å². The van der Waals surface area contributed by atoms with Crippen LogP contribution < -0.4 is 24.0 Å². The number of hydrogen-bond donors (Lipinski definition) is 2. The van der Waals surface area contributed by atoms with Crippen LogP contribution in [0.2, 0.25) is 0 Å². The van der Waals surface area contributed by atoms with Crippen LogP contribution in [0.1, 0.15) is 20.8 Å². The Morgan fingerprint density at radius 3 is 1.00 bits per heavy atom. The Labute approximate surface area is 75.3 Å². The molecule has 0 aromatic carbocycles. The summed E-state index contributed by atoms with van der Waals surface area (Å²) in [7, 11) is 0. The molecule has 0 atom stereocenters. The fraction of sp³-hybridized carbons (Fsp3) is 1.00. The Kier molecular flexibility index (Phi) is 126. The summed E-state index contributed by atoms with van der Waals surface area (Å²) < 4.78 is 0. The molecule has 0 aromatic rings. The maximum atomic E-state index is 8.93. The van der Waals surface area contributed by atoms with Gasteiger partial charge in [-0.05, 0) is 13.8 Å². The van der Waals surface area contributed by atoms with E-state index in [9.17, 15) is 0 Å². The maximum Gasteiger partial charge on any atom is 1.00 e. The predicted octanol–water partition coefficient (Wildman–Crippen LogP) is -3.63. The second-order valence-electron chi connectivity index (χ2n) is 0.921. The topological polar surface area (TPSA) is 63.5 Å². The van der Waals surface area contributed by atoms with Gasteiger partial charge in [0.2, 0.25) is 0 Å². The van der Waals surface area contributed by atoms with Gasteiger partial charge in [-0.25, -0.2) is 0 Å². The van der Waals surface area contributed by atoms with E-state index >= 15 is 0 Å². The standard InChI is InChI=1S/2C2H6O.C2H5O.Li/c3*1-2-3;/h2*3H,2H2,1H3;2H2,1H3;/q;;-1;+1. The van der Waals surface area contributed by atoms with Gasteiger partial charge in [-0.1, -0.05) is 6.92 Å². The largest absolute Gasteiger partial charge is 1.00 e. The van der Waals surface area contributed by atoms with E-state index in [1.807, 2.05) is 0 Å². The average molecular weight is 144 g/mol. The van der Waals surface area contributed by atoms with Crippen molar-refractivity contribution < 1.29 is 34.2 Å². The Morgan fingerprint density at radius 1 is 1.00 bits per heavy atom. The van der Waals surface area contributed by atoms with Gasteiger partial charge in [0.25, 0.3) is 0 Å². The summed E-state index contributed by atoms with van der Waals surface area (Å²) in [5.41, 5.74) is 0. The first kappa shape index (κ1) is 22.4. The molecule has 2 N–H and O–H groups in total. The van der Waals surface area contributed by atoms with Gasteiger partial charge in [0.1, 0.15) is 0 Å². The first-order valence-electron chi connectivity index (χ1n) is 3.04. The van der Waals surface area contributed by atoms with Crippen LogP contribution in [0.5, 0.6) is 0 Å². The first-order valence-corrected chi connectivity index (χ1v) is 3.04. The zero-order valence-electron chi connectivity index (χ0n) is 7.42. The third-order valence-electron chi connectivity index (χ3n) is 0. The summed E-state index contributed by atoms with van der Waals surface area (Å²) in [5.74, 6) is 0. The Hall–Kier alpha value is 0.477. The summed E-state index contributed by atoms with van der Waals surface area (Å²) in [4.78, 5) is 0. The fourth-order valence-electron chi connectivity index (χ4n) is 0. The van der Waals surface area contributed by atoms with E-state index in [1.54, 1.807) is 20.8 Å². The van der Waals surface area contributed by atoms with Gasteiger partial charge < -0.3 is 15.3 Å². The van der Waals surface area contributed by atoms with Crippen LogP contribution in [0, 0.1) is 0 Å². The zero-order chi connectivity index (χ0) is 8.12. The van der Waals surface area contributed by atoms with E-state index in [-0.39, 0.29) is 38.7 Å². The molecule has 0 aliphatic rings. The molecule has 0 fully saturated rings. The molecule has 4 heteroatoms. The number of aliphatic hydroxyl groups is 2. The predicted molar refractivity (Wildman–Crippen MR) is 36.1 cm³/mol. The molecule has 0 rings (SSSR count). The third kappa shape index (κ3) is 2080. The minimum absolute atomic E-state index is 0. The van der Waals surface area contributed by atoms with E-state index in [0.29, 0.717) is 0 Å². The van der Waals surface area contributed by atoms with Crippen molar-refractivity contribution in [2.75, 3.05) is 19.8 Å². The summed E-state index contributed by atoms with van der Waals surface area (Å²) in [5, 5.41) is 24.1. The summed E-state index contributed by atoms with van der Waals surface area (Å²) >= 11 is 0.